The van der Waals surface area contributed by atoms with Crippen LogP contribution in [0.3, 0.4) is 0 Å². The van der Waals surface area contributed by atoms with Gasteiger partial charge in [-0.25, -0.2) is 5.43 Å². The Morgan fingerprint density at radius 3 is 2.06 bits per heavy atom. The van der Waals surface area contributed by atoms with Crippen LogP contribution >= 0.6 is 0 Å². The summed E-state index contributed by atoms with van der Waals surface area (Å²) in [6.45, 7) is 0. The summed E-state index contributed by atoms with van der Waals surface area (Å²) >= 11 is 0. The normalized spacial score (nSPS) is 13.2. The number of rotatable bonds is 1. The lowest BCUT2D eigenvalue weighted by Crippen LogP contribution is -2.86. The Hall–Kier alpha value is -2.30. The van der Waals surface area contributed by atoms with Crippen molar-refractivity contribution < 1.29 is 15.0 Å². The number of hydrogen-bond acceptors (Lipinski definition) is 3. The second kappa shape index (κ2) is 3.87. The Morgan fingerprint density at radius 2 is 1.39 bits per heavy atom. The summed E-state index contributed by atoms with van der Waals surface area (Å²) in [7, 11) is 0. The molecule has 0 saturated carbocycles. The van der Waals surface area contributed by atoms with E-state index in [0.717, 1.165) is 0 Å². The van der Waals surface area contributed by atoms with E-state index in [-0.39, 0.29) is 11.6 Å². The summed E-state index contributed by atoms with van der Waals surface area (Å²) in [5.74, 6) is 5.25. The molecule has 3 rings (SSSR count). The first-order chi connectivity index (χ1) is 8.74. The van der Waals surface area contributed by atoms with E-state index < -0.39 is 0 Å². The Kier molecular flexibility index (Phi) is 2.33. The van der Waals surface area contributed by atoms with Crippen molar-refractivity contribution in [3.8, 4) is 0 Å². The van der Waals surface area contributed by atoms with Crippen LogP contribution < -0.4 is 11.3 Å². The highest BCUT2D eigenvalue weighted by molar-refractivity contribution is 6.29. The minimum Gasteiger partial charge on any atom is -0.289 e. The predicted octanol–water partition coefficient (Wildman–Crippen LogP) is 0.531. The average molecular weight is 239 g/mol. The lowest BCUT2D eigenvalue weighted by molar-refractivity contribution is -0.584. The molecule has 0 aliphatic heterocycles. The Labute approximate surface area is 103 Å². The first-order valence-electron chi connectivity index (χ1n) is 5.60. The minimum absolute atomic E-state index is 0.121. The van der Waals surface area contributed by atoms with E-state index in [2.05, 4.69) is 0 Å². The highest BCUT2D eigenvalue weighted by Gasteiger charge is 2.32. The van der Waals surface area contributed by atoms with Crippen molar-refractivity contribution in [2.75, 3.05) is 0 Å². The van der Waals surface area contributed by atoms with Gasteiger partial charge in [-0.1, -0.05) is 30.3 Å². The molecule has 0 spiro atoms. The molecule has 0 bridgehead atoms. The molecule has 0 heterocycles. The lowest BCUT2D eigenvalue weighted by atomic mass is 9.83. The van der Waals surface area contributed by atoms with Crippen LogP contribution in [0.25, 0.3) is 0 Å². The van der Waals surface area contributed by atoms with E-state index in [4.69, 9.17) is 5.84 Å². The van der Waals surface area contributed by atoms with Crippen molar-refractivity contribution >= 4 is 17.3 Å². The van der Waals surface area contributed by atoms with Gasteiger partial charge in [-0.2, -0.15) is 5.84 Å². The Bertz CT molecular complexity index is 677. The van der Waals surface area contributed by atoms with Crippen LogP contribution in [0.4, 0.5) is 5.69 Å². The smallest absolute Gasteiger partial charge is 0.200 e. The van der Waals surface area contributed by atoms with Crippen LogP contribution in [0.15, 0.2) is 42.5 Å². The highest BCUT2D eigenvalue weighted by Crippen LogP contribution is 2.29. The van der Waals surface area contributed by atoms with Crippen molar-refractivity contribution in [2.45, 2.75) is 0 Å². The van der Waals surface area contributed by atoms with Gasteiger partial charge in [0.15, 0.2) is 11.5 Å². The number of carbonyl (C=O) groups is 2. The highest BCUT2D eigenvalue weighted by atomic mass is 16.1. The molecule has 1 aliphatic rings. The zero-order chi connectivity index (χ0) is 12.7. The summed E-state index contributed by atoms with van der Waals surface area (Å²) in [6.07, 6.45) is 0. The molecule has 0 amide bonds. The summed E-state index contributed by atoms with van der Waals surface area (Å²) in [5.41, 5.74) is 3.70. The molecule has 2 aromatic rings. The lowest BCUT2D eigenvalue weighted by Gasteiger charge is -2.17. The molecular weight excluding hydrogens is 228 g/mol. The zero-order valence-corrected chi connectivity index (χ0v) is 9.51. The van der Waals surface area contributed by atoms with Gasteiger partial charge < -0.3 is 0 Å². The van der Waals surface area contributed by atoms with Crippen LogP contribution in [0.2, 0.25) is 0 Å². The SMILES string of the molecule is N[NH2+]c1cccc2c1C(=O)c1ccccc1C2=O. The largest absolute Gasteiger partial charge is 0.289 e. The number of ketones is 2. The van der Waals surface area contributed by atoms with E-state index >= 15 is 0 Å². The van der Waals surface area contributed by atoms with Gasteiger partial charge in [0.1, 0.15) is 0 Å². The van der Waals surface area contributed by atoms with E-state index in [1.54, 1.807) is 42.5 Å². The summed E-state index contributed by atoms with van der Waals surface area (Å²) in [5, 5.41) is 0. The monoisotopic (exact) mass is 239 g/mol. The van der Waals surface area contributed by atoms with Crippen LogP contribution in [0.1, 0.15) is 31.8 Å². The molecule has 4 nitrogen and oxygen atoms in total. The molecule has 0 fully saturated rings. The van der Waals surface area contributed by atoms with Gasteiger partial charge in [0, 0.05) is 22.8 Å². The predicted molar refractivity (Wildman–Crippen MR) is 65.5 cm³/mol. The zero-order valence-electron chi connectivity index (χ0n) is 9.51. The molecule has 88 valence electrons. The molecule has 0 unspecified atom stereocenters. The quantitative estimate of drug-likeness (QED) is 0.369. The van der Waals surface area contributed by atoms with Gasteiger partial charge in [0.05, 0.1) is 5.56 Å². The number of nitrogens with two attached hydrogens (primary N) is 2. The van der Waals surface area contributed by atoms with E-state index in [1.165, 1.54) is 5.43 Å². The van der Waals surface area contributed by atoms with Gasteiger partial charge in [0.25, 0.3) is 0 Å². The van der Waals surface area contributed by atoms with Crippen molar-refractivity contribution in [1.29, 1.82) is 0 Å². The molecular formula is C14H11N2O2+. The number of benzene rings is 2. The van der Waals surface area contributed by atoms with E-state index in [0.29, 0.717) is 27.9 Å². The van der Waals surface area contributed by atoms with Crippen molar-refractivity contribution in [3.63, 3.8) is 0 Å². The Balaban J connectivity index is 2.34. The summed E-state index contributed by atoms with van der Waals surface area (Å²) < 4.78 is 0. The summed E-state index contributed by atoms with van der Waals surface area (Å²) in [4.78, 5) is 24.7. The van der Waals surface area contributed by atoms with Crippen LogP contribution in [0.5, 0.6) is 0 Å². The fourth-order valence-corrected chi connectivity index (χ4v) is 2.31. The molecule has 1 aliphatic carbocycles. The fraction of sp³-hybridized carbons (Fsp3) is 0. The molecule has 2 aromatic carbocycles. The van der Waals surface area contributed by atoms with Gasteiger partial charge in [-0.3, -0.25) is 9.59 Å². The maximum absolute atomic E-state index is 12.4. The third-order valence-electron chi connectivity index (χ3n) is 3.16. The van der Waals surface area contributed by atoms with E-state index in [9.17, 15) is 9.59 Å². The second-order valence-electron chi connectivity index (χ2n) is 4.14. The number of hydrogen-bond donors (Lipinski definition) is 2. The van der Waals surface area contributed by atoms with Crippen LogP contribution in [0, 0.1) is 0 Å². The van der Waals surface area contributed by atoms with Gasteiger partial charge >= 0.3 is 0 Å². The molecule has 0 atom stereocenters. The Morgan fingerprint density at radius 1 is 0.778 bits per heavy atom. The second-order valence-corrected chi connectivity index (χ2v) is 4.14. The fourth-order valence-electron chi connectivity index (χ4n) is 2.31. The van der Waals surface area contributed by atoms with Gasteiger partial charge in [0.2, 0.25) is 5.78 Å². The average Bonchev–Trinajstić information content (AvgIpc) is 2.44. The maximum Gasteiger partial charge on any atom is 0.200 e. The van der Waals surface area contributed by atoms with Crippen molar-refractivity contribution in [2.24, 2.45) is 5.84 Å². The molecule has 4 heteroatoms. The van der Waals surface area contributed by atoms with Crippen LogP contribution in [-0.4, -0.2) is 11.6 Å². The third-order valence-corrected chi connectivity index (χ3v) is 3.16. The maximum atomic E-state index is 12.4. The topological polar surface area (TPSA) is 76.8 Å². The first kappa shape index (κ1) is 10.8. The minimum atomic E-state index is -0.141. The van der Waals surface area contributed by atoms with Crippen molar-refractivity contribution in [3.05, 3.63) is 64.7 Å². The molecule has 4 N–H and O–H groups in total. The molecule has 18 heavy (non-hydrogen) atoms. The van der Waals surface area contributed by atoms with Crippen LogP contribution in [-0.2, 0) is 0 Å². The number of carbonyl (C=O) groups excluding carboxylic acids is 2. The van der Waals surface area contributed by atoms with Gasteiger partial charge in [-0.15, -0.1) is 0 Å². The summed E-state index contributed by atoms with van der Waals surface area (Å²) in [6, 6.07) is 12.0. The molecule has 0 saturated heterocycles. The molecule has 0 aromatic heterocycles. The van der Waals surface area contributed by atoms with E-state index in [1.807, 2.05) is 0 Å². The molecule has 0 radical (unpaired) electrons. The standard InChI is InChI=1S/C14H10N2O2/c15-16-11-7-3-6-10-12(11)14(18)9-5-2-1-4-8(9)13(10)17/h1-7,16H,15H2/p+1. The number of fused-ring (bicyclic) bond motifs is 2. The van der Waals surface area contributed by atoms with Gasteiger partial charge in [-0.05, 0) is 6.07 Å². The van der Waals surface area contributed by atoms with Crippen molar-refractivity contribution in [1.82, 2.24) is 0 Å². The first-order valence-corrected chi connectivity index (χ1v) is 5.60. The third kappa shape index (κ3) is 1.33. The number of quaternary nitrogens is 1.